The second kappa shape index (κ2) is 13.8. The van der Waals surface area contributed by atoms with Gasteiger partial charge in [-0.3, -0.25) is 0 Å². The van der Waals surface area contributed by atoms with Crippen molar-refractivity contribution in [3.05, 3.63) is 70.8 Å². The molecule has 0 amide bonds. The van der Waals surface area contributed by atoms with Crippen LogP contribution in [0.15, 0.2) is 48.5 Å². The number of esters is 1. The number of rotatable bonds is 10. The van der Waals surface area contributed by atoms with E-state index in [0.29, 0.717) is 18.8 Å². The highest BCUT2D eigenvalue weighted by atomic mass is 17.2. The Labute approximate surface area is 258 Å². The van der Waals surface area contributed by atoms with Gasteiger partial charge < -0.3 is 9.47 Å². The van der Waals surface area contributed by atoms with Gasteiger partial charge >= 0.3 is 5.97 Å². The summed E-state index contributed by atoms with van der Waals surface area (Å²) in [7, 11) is 0. The minimum atomic E-state index is -0.289. The standard InChI is InChI=1S/C38H52O5/c1-26-4-8-28(9-5-26)22-30-12-14-32(15-13-30)24-41-43-34-20-21-38(3)35(25-40-36(34)38)42-37(39)33-18-16-31(17-19-33)23-29-10-6-27(2)7-11-29/h12-19,26-29,34-36H,4-11,20-25H2,1-3H3/t26?,27?,28?,29?,34-,35?,36+,38?/m0/s1. The Kier molecular flexibility index (Phi) is 9.91. The van der Waals surface area contributed by atoms with Crippen molar-refractivity contribution in [3.8, 4) is 0 Å². The lowest BCUT2D eigenvalue weighted by Crippen LogP contribution is -2.39. The van der Waals surface area contributed by atoms with Crippen molar-refractivity contribution < 1.29 is 24.0 Å². The molecule has 234 valence electrons. The molecule has 5 nitrogen and oxygen atoms in total. The van der Waals surface area contributed by atoms with Crippen molar-refractivity contribution in [2.45, 2.75) is 123 Å². The van der Waals surface area contributed by atoms with Crippen LogP contribution in [0, 0.1) is 29.1 Å². The summed E-state index contributed by atoms with van der Waals surface area (Å²) in [4.78, 5) is 24.7. The van der Waals surface area contributed by atoms with Gasteiger partial charge in [-0.2, -0.15) is 0 Å². The first kappa shape index (κ1) is 30.8. The molecule has 0 bridgehead atoms. The highest BCUT2D eigenvalue weighted by Crippen LogP contribution is 2.49. The zero-order valence-corrected chi connectivity index (χ0v) is 26.6. The first-order valence-corrected chi connectivity index (χ1v) is 17.1. The van der Waals surface area contributed by atoms with Crippen molar-refractivity contribution in [1.29, 1.82) is 0 Å². The minimum absolute atomic E-state index is 0.147. The van der Waals surface area contributed by atoms with E-state index in [1.165, 1.54) is 68.9 Å². The fourth-order valence-electron chi connectivity index (χ4n) is 8.13. The van der Waals surface area contributed by atoms with Crippen LogP contribution in [-0.2, 0) is 38.7 Å². The maximum absolute atomic E-state index is 13.1. The van der Waals surface area contributed by atoms with Crippen LogP contribution in [0.5, 0.6) is 0 Å². The predicted octanol–water partition coefficient (Wildman–Crippen LogP) is 8.67. The molecule has 4 aliphatic rings. The quantitative estimate of drug-likeness (QED) is 0.158. The molecule has 2 aromatic rings. The first-order chi connectivity index (χ1) is 20.9. The third kappa shape index (κ3) is 7.54. The topological polar surface area (TPSA) is 54.0 Å². The SMILES string of the molecule is CC1CCC(Cc2ccc(COO[C@H]3CCC4(C)C(OC(=O)c5ccc(CC6CCC(C)CC6)cc5)CO[C@H]34)cc2)CC1. The fourth-order valence-corrected chi connectivity index (χ4v) is 8.13. The summed E-state index contributed by atoms with van der Waals surface area (Å²) in [5.74, 6) is 3.09. The lowest BCUT2D eigenvalue weighted by atomic mass is 9.80. The predicted molar refractivity (Wildman–Crippen MR) is 168 cm³/mol. The summed E-state index contributed by atoms with van der Waals surface area (Å²) in [6, 6.07) is 16.9. The van der Waals surface area contributed by atoms with Gasteiger partial charge in [-0.05, 0) is 104 Å². The molecular weight excluding hydrogens is 536 g/mol. The fraction of sp³-hybridized carbons (Fsp3) is 0.658. The van der Waals surface area contributed by atoms with E-state index in [-0.39, 0.29) is 29.7 Å². The molecule has 0 N–H and O–H groups in total. The highest BCUT2D eigenvalue weighted by molar-refractivity contribution is 5.89. The van der Waals surface area contributed by atoms with Crippen LogP contribution < -0.4 is 0 Å². The van der Waals surface area contributed by atoms with Gasteiger partial charge in [0.15, 0.2) is 0 Å². The maximum Gasteiger partial charge on any atom is 0.338 e. The molecule has 1 saturated heterocycles. The molecule has 1 heterocycles. The van der Waals surface area contributed by atoms with Crippen LogP contribution in [0.2, 0.25) is 0 Å². The third-order valence-corrected chi connectivity index (χ3v) is 11.3. The summed E-state index contributed by atoms with van der Waals surface area (Å²) in [6.07, 6.45) is 14.1. The van der Waals surface area contributed by atoms with E-state index in [4.69, 9.17) is 19.2 Å². The summed E-state index contributed by atoms with van der Waals surface area (Å²) in [6.45, 7) is 7.70. The van der Waals surface area contributed by atoms with Gasteiger partial charge in [0, 0.05) is 5.41 Å². The Morgan fingerprint density at radius 1 is 0.767 bits per heavy atom. The van der Waals surface area contributed by atoms with Crippen LogP contribution in [0.3, 0.4) is 0 Å². The zero-order chi connectivity index (χ0) is 29.8. The number of carbonyl (C=O) groups is 1. The lowest BCUT2D eigenvalue weighted by molar-refractivity contribution is -0.344. The second-order valence-electron chi connectivity index (χ2n) is 14.8. The number of fused-ring (bicyclic) bond motifs is 1. The summed E-state index contributed by atoms with van der Waals surface area (Å²) in [5.41, 5.74) is 4.18. The van der Waals surface area contributed by atoms with Gasteiger partial charge in [0.25, 0.3) is 0 Å². The average molecular weight is 589 g/mol. The van der Waals surface area contributed by atoms with Crippen molar-refractivity contribution in [1.82, 2.24) is 0 Å². The normalized spacial score (nSPS) is 34.2. The Hall–Kier alpha value is -2.21. The van der Waals surface area contributed by atoms with Gasteiger partial charge in [0.05, 0.1) is 18.3 Å². The molecular formula is C38H52O5. The summed E-state index contributed by atoms with van der Waals surface area (Å²) >= 11 is 0. The Morgan fingerprint density at radius 3 is 1.88 bits per heavy atom. The number of hydrogen-bond donors (Lipinski definition) is 0. The van der Waals surface area contributed by atoms with Crippen LogP contribution in [0.1, 0.15) is 112 Å². The van der Waals surface area contributed by atoms with Crippen LogP contribution in [0.4, 0.5) is 0 Å². The molecule has 1 aliphatic heterocycles. The summed E-state index contributed by atoms with van der Waals surface area (Å²) in [5, 5.41) is 0. The molecule has 4 fully saturated rings. The van der Waals surface area contributed by atoms with Crippen molar-refractivity contribution >= 4 is 5.97 Å². The summed E-state index contributed by atoms with van der Waals surface area (Å²) < 4.78 is 12.2. The van der Waals surface area contributed by atoms with E-state index in [1.807, 2.05) is 12.1 Å². The van der Waals surface area contributed by atoms with Crippen molar-refractivity contribution in [2.24, 2.45) is 29.1 Å². The molecule has 3 aliphatic carbocycles. The molecule has 2 aromatic carbocycles. The number of ether oxygens (including phenoxy) is 2. The number of carbonyl (C=O) groups excluding carboxylic acids is 1. The Balaban J connectivity index is 0.941. The zero-order valence-electron chi connectivity index (χ0n) is 26.6. The Bertz CT molecular complexity index is 1180. The molecule has 6 rings (SSSR count). The van der Waals surface area contributed by atoms with E-state index in [2.05, 4.69) is 57.2 Å². The van der Waals surface area contributed by atoms with Gasteiger partial charge in [-0.25, -0.2) is 14.6 Å². The number of benzene rings is 2. The first-order valence-electron chi connectivity index (χ1n) is 17.1. The number of hydrogen-bond acceptors (Lipinski definition) is 5. The van der Waals surface area contributed by atoms with Crippen LogP contribution in [-0.4, -0.2) is 30.9 Å². The Morgan fingerprint density at radius 2 is 1.30 bits per heavy atom. The van der Waals surface area contributed by atoms with Crippen LogP contribution >= 0.6 is 0 Å². The molecule has 3 saturated carbocycles. The average Bonchev–Trinajstić information content (AvgIpc) is 3.51. The third-order valence-electron chi connectivity index (χ3n) is 11.3. The molecule has 0 radical (unpaired) electrons. The molecule has 0 aromatic heterocycles. The highest BCUT2D eigenvalue weighted by Gasteiger charge is 2.58. The molecule has 43 heavy (non-hydrogen) atoms. The monoisotopic (exact) mass is 588 g/mol. The van der Waals surface area contributed by atoms with Crippen molar-refractivity contribution in [3.63, 3.8) is 0 Å². The van der Waals surface area contributed by atoms with E-state index < -0.39 is 0 Å². The van der Waals surface area contributed by atoms with E-state index >= 15 is 0 Å². The van der Waals surface area contributed by atoms with E-state index in [1.54, 1.807) is 0 Å². The molecule has 5 heteroatoms. The second-order valence-corrected chi connectivity index (χ2v) is 14.8. The van der Waals surface area contributed by atoms with Gasteiger partial charge in [-0.15, -0.1) is 0 Å². The molecule has 2 unspecified atom stereocenters. The molecule has 0 spiro atoms. The largest absolute Gasteiger partial charge is 0.456 e. The smallest absolute Gasteiger partial charge is 0.338 e. The van der Waals surface area contributed by atoms with Gasteiger partial charge in [0.1, 0.15) is 18.8 Å². The van der Waals surface area contributed by atoms with E-state index in [0.717, 1.165) is 48.5 Å². The van der Waals surface area contributed by atoms with Gasteiger partial charge in [0.2, 0.25) is 0 Å². The maximum atomic E-state index is 13.1. The van der Waals surface area contributed by atoms with Gasteiger partial charge in [-0.1, -0.05) is 82.9 Å². The van der Waals surface area contributed by atoms with Crippen LogP contribution in [0.25, 0.3) is 0 Å². The lowest BCUT2D eigenvalue weighted by Gasteiger charge is -2.29. The van der Waals surface area contributed by atoms with E-state index in [9.17, 15) is 4.79 Å². The van der Waals surface area contributed by atoms with Crippen molar-refractivity contribution in [2.75, 3.05) is 6.61 Å². The molecule has 4 atom stereocenters. The minimum Gasteiger partial charge on any atom is -0.456 e.